The Labute approximate surface area is 156 Å². The maximum absolute atomic E-state index is 12.6. The van der Waals surface area contributed by atoms with Crippen molar-refractivity contribution in [3.63, 3.8) is 0 Å². The molecule has 7 nitrogen and oxygen atoms in total. The Balaban J connectivity index is 1.46. The lowest BCUT2D eigenvalue weighted by Crippen LogP contribution is -2.30. The van der Waals surface area contributed by atoms with Gasteiger partial charge in [-0.3, -0.25) is 9.78 Å². The number of benzene rings is 2. The molecule has 0 spiro atoms. The third-order valence-electron chi connectivity index (χ3n) is 4.33. The highest BCUT2D eigenvalue weighted by Gasteiger charge is 2.14. The normalized spacial score (nSPS) is 10.9. The molecule has 4 rings (SSSR count). The Hall–Kier alpha value is -3.61. The molecule has 134 valence electrons. The van der Waals surface area contributed by atoms with E-state index < -0.39 is 0 Å². The molecule has 0 saturated carbocycles. The van der Waals surface area contributed by atoms with Crippen LogP contribution in [0.15, 0.2) is 66.9 Å². The quantitative estimate of drug-likeness (QED) is 0.548. The van der Waals surface area contributed by atoms with Crippen molar-refractivity contribution in [1.82, 2.24) is 30.1 Å². The van der Waals surface area contributed by atoms with Gasteiger partial charge in [0.1, 0.15) is 6.54 Å². The molecule has 7 heteroatoms. The third-order valence-corrected chi connectivity index (χ3v) is 4.33. The van der Waals surface area contributed by atoms with Gasteiger partial charge in [-0.1, -0.05) is 48.5 Å². The van der Waals surface area contributed by atoms with Crippen molar-refractivity contribution in [2.75, 3.05) is 7.05 Å². The molecule has 0 aliphatic heterocycles. The van der Waals surface area contributed by atoms with Crippen LogP contribution in [0.1, 0.15) is 5.56 Å². The van der Waals surface area contributed by atoms with Crippen LogP contribution in [-0.2, 0) is 17.9 Å². The first kappa shape index (κ1) is 16.8. The molecule has 2 aromatic carbocycles. The van der Waals surface area contributed by atoms with Crippen LogP contribution in [0.3, 0.4) is 0 Å². The first-order valence-electron chi connectivity index (χ1n) is 8.60. The number of hydrogen-bond acceptors (Lipinski definition) is 5. The van der Waals surface area contributed by atoms with Crippen LogP contribution in [0, 0.1) is 0 Å². The second kappa shape index (κ2) is 7.33. The average Bonchev–Trinajstić information content (AvgIpc) is 3.17. The fourth-order valence-electron chi connectivity index (χ4n) is 2.90. The number of tetrazole rings is 1. The van der Waals surface area contributed by atoms with Crippen molar-refractivity contribution in [2.24, 2.45) is 0 Å². The lowest BCUT2D eigenvalue weighted by molar-refractivity contribution is -0.131. The van der Waals surface area contributed by atoms with Crippen LogP contribution in [0.25, 0.3) is 22.3 Å². The van der Waals surface area contributed by atoms with Gasteiger partial charge in [0, 0.05) is 30.7 Å². The highest BCUT2D eigenvalue weighted by molar-refractivity contribution is 5.83. The lowest BCUT2D eigenvalue weighted by Gasteiger charge is -2.17. The van der Waals surface area contributed by atoms with E-state index >= 15 is 0 Å². The van der Waals surface area contributed by atoms with Gasteiger partial charge >= 0.3 is 0 Å². The number of hydrogen-bond donors (Lipinski definition) is 0. The molecule has 0 atom stereocenters. The fourth-order valence-corrected chi connectivity index (χ4v) is 2.90. The van der Waals surface area contributed by atoms with Crippen molar-refractivity contribution >= 4 is 16.8 Å². The van der Waals surface area contributed by atoms with E-state index in [1.54, 1.807) is 18.1 Å². The summed E-state index contributed by atoms with van der Waals surface area (Å²) in [6.07, 6.45) is 1.77. The minimum absolute atomic E-state index is 0.0410. The molecule has 0 aliphatic rings. The van der Waals surface area contributed by atoms with Crippen molar-refractivity contribution in [1.29, 1.82) is 0 Å². The Kier molecular flexibility index (Phi) is 4.57. The molecule has 4 aromatic rings. The SMILES string of the molecule is CN(Cc1cccc2ncccc12)C(=O)Cn1nnc(-c2ccccc2)n1. The van der Waals surface area contributed by atoms with Gasteiger partial charge in [-0.15, -0.1) is 10.2 Å². The summed E-state index contributed by atoms with van der Waals surface area (Å²) in [7, 11) is 1.77. The van der Waals surface area contributed by atoms with E-state index in [2.05, 4.69) is 20.4 Å². The number of carbonyl (C=O) groups is 1. The topological polar surface area (TPSA) is 76.8 Å². The van der Waals surface area contributed by atoms with Crippen LogP contribution < -0.4 is 0 Å². The van der Waals surface area contributed by atoms with E-state index in [1.165, 1.54) is 4.80 Å². The number of pyridine rings is 1. The number of rotatable bonds is 5. The van der Waals surface area contributed by atoms with Gasteiger partial charge < -0.3 is 4.90 Å². The van der Waals surface area contributed by atoms with Crippen LogP contribution in [-0.4, -0.2) is 43.0 Å². The zero-order valence-corrected chi connectivity index (χ0v) is 14.9. The second-order valence-electron chi connectivity index (χ2n) is 6.25. The number of carbonyl (C=O) groups excluding carboxylic acids is 1. The number of likely N-dealkylation sites (N-methyl/N-ethyl adjacent to an activating group) is 1. The van der Waals surface area contributed by atoms with Crippen molar-refractivity contribution in [2.45, 2.75) is 13.1 Å². The average molecular weight is 358 g/mol. The first-order valence-corrected chi connectivity index (χ1v) is 8.60. The molecule has 1 amide bonds. The number of aromatic nitrogens is 5. The molecule has 0 unspecified atom stereocenters. The maximum Gasteiger partial charge on any atom is 0.246 e. The highest BCUT2D eigenvalue weighted by Crippen LogP contribution is 2.18. The Morgan fingerprint density at radius 3 is 2.74 bits per heavy atom. The van der Waals surface area contributed by atoms with Crippen LogP contribution >= 0.6 is 0 Å². The number of nitrogens with zero attached hydrogens (tertiary/aromatic N) is 6. The van der Waals surface area contributed by atoms with E-state index in [-0.39, 0.29) is 12.5 Å². The molecule has 2 aromatic heterocycles. The van der Waals surface area contributed by atoms with Crippen molar-refractivity contribution < 1.29 is 4.79 Å². The predicted octanol–water partition coefficient (Wildman–Crippen LogP) is 2.55. The largest absolute Gasteiger partial charge is 0.340 e. The molecular formula is C20H18N6O. The molecule has 0 saturated heterocycles. The van der Waals surface area contributed by atoms with E-state index in [4.69, 9.17) is 0 Å². The van der Waals surface area contributed by atoms with Gasteiger partial charge in [-0.25, -0.2) is 0 Å². The molecule has 2 heterocycles. The van der Waals surface area contributed by atoms with Crippen LogP contribution in [0.4, 0.5) is 0 Å². The van der Waals surface area contributed by atoms with Gasteiger partial charge in [0.25, 0.3) is 0 Å². The summed E-state index contributed by atoms with van der Waals surface area (Å²) in [4.78, 5) is 19.9. The van der Waals surface area contributed by atoms with Gasteiger partial charge in [0.05, 0.1) is 5.52 Å². The predicted molar refractivity (Wildman–Crippen MR) is 101 cm³/mol. The van der Waals surface area contributed by atoms with Crippen LogP contribution in [0.5, 0.6) is 0 Å². The van der Waals surface area contributed by atoms with Crippen molar-refractivity contribution in [3.8, 4) is 11.4 Å². The Morgan fingerprint density at radius 2 is 1.89 bits per heavy atom. The van der Waals surface area contributed by atoms with Gasteiger partial charge in [0.15, 0.2) is 0 Å². The third kappa shape index (κ3) is 3.67. The summed E-state index contributed by atoms with van der Waals surface area (Å²) in [5.74, 6) is 0.416. The number of fused-ring (bicyclic) bond motifs is 1. The summed E-state index contributed by atoms with van der Waals surface area (Å²) in [5.41, 5.74) is 2.84. The van der Waals surface area contributed by atoms with Gasteiger partial charge in [-0.2, -0.15) is 4.80 Å². The van der Waals surface area contributed by atoms with E-state index in [0.29, 0.717) is 12.4 Å². The zero-order chi connectivity index (χ0) is 18.6. The van der Waals surface area contributed by atoms with E-state index in [1.807, 2.05) is 60.7 Å². The fraction of sp³-hybridized carbons (Fsp3) is 0.150. The number of amides is 1. The summed E-state index contributed by atoms with van der Waals surface area (Å²) >= 11 is 0. The smallest absolute Gasteiger partial charge is 0.246 e. The van der Waals surface area contributed by atoms with Gasteiger partial charge in [-0.05, 0) is 22.9 Å². The molecule has 0 N–H and O–H groups in total. The summed E-state index contributed by atoms with van der Waals surface area (Å²) in [6.45, 7) is 0.529. The summed E-state index contributed by atoms with van der Waals surface area (Å²) in [6, 6.07) is 19.4. The monoisotopic (exact) mass is 358 g/mol. The molecule has 0 aliphatic carbocycles. The minimum Gasteiger partial charge on any atom is -0.340 e. The summed E-state index contributed by atoms with van der Waals surface area (Å²) < 4.78 is 0. The maximum atomic E-state index is 12.6. The van der Waals surface area contributed by atoms with Crippen molar-refractivity contribution in [3.05, 3.63) is 72.4 Å². The molecular weight excluding hydrogens is 340 g/mol. The zero-order valence-electron chi connectivity index (χ0n) is 14.9. The summed E-state index contributed by atoms with van der Waals surface area (Å²) in [5, 5.41) is 13.4. The van der Waals surface area contributed by atoms with E-state index in [9.17, 15) is 4.79 Å². The van der Waals surface area contributed by atoms with E-state index in [0.717, 1.165) is 22.0 Å². The van der Waals surface area contributed by atoms with Crippen LogP contribution in [0.2, 0.25) is 0 Å². The Bertz CT molecular complexity index is 1070. The standard InChI is InChI=1S/C20H18N6O/c1-25(13-16-9-5-11-18-17(16)10-6-12-21-18)19(27)14-26-23-20(22-24-26)15-7-3-2-4-8-15/h2-12H,13-14H2,1H3. The highest BCUT2D eigenvalue weighted by atomic mass is 16.2. The molecule has 27 heavy (non-hydrogen) atoms. The molecule has 0 bridgehead atoms. The first-order chi connectivity index (χ1) is 13.2. The molecule has 0 fully saturated rings. The second-order valence-corrected chi connectivity index (χ2v) is 6.25. The molecule has 0 radical (unpaired) electrons. The van der Waals surface area contributed by atoms with Gasteiger partial charge in [0.2, 0.25) is 11.7 Å². The Morgan fingerprint density at radius 1 is 1.04 bits per heavy atom. The minimum atomic E-state index is -0.0899. The lowest BCUT2D eigenvalue weighted by atomic mass is 10.1.